The van der Waals surface area contributed by atoms with Crippen LogP contribution in [0.15, 0.2) is 60.8 Å². The van der Waals surface area contributed by atoms with Gasteiger partial charge in [0.05, 0.1) is 31.4 Å². The van der Waals surface area contributed by atoms with E-state index in [0.29, 0.717) is 23.1 Å². The van der Waals surface area contributed by atoms with E-state index in [1.807, 2.05) is 0 Å². The fourth-order valence-corrected chi connectivity index (χ4v) is 4.68. The maximum absolute atomic E-state index is 14.7. The third kappa shape index (κ3) is 6.98. The van der Waals surface area contributed by atoms with Crippen LogP contribution in [-0.4, -0.2) is 52.3 Å². The van der Waals surface area contributed by atoms with Gasteiger partial charge in [-0.15, -0.1) is 0 Å². The number of halogens is 4. The van der Waals surface area contributed by atoms with Crippen LogP contribution in [0.1, 0.15) is 47.8 Å². The van der Waals surface area contributed by atoms with E-state index in [2.05, 4.69) is 15.3 Å². The lowest BCUT2D eigenvalue weighted by molar-refractivity contribution is -0.265. The predicted molar refractivity (Wildman–Crippen MR) is 156 cm³/mol. The zero-order valence-corrected chi connectivity index (χ0v) is 24.2. The Bertz CT molecular complexity index is 1730. The maximum Gasteiger partial charge on any atom is 0.424 e. The van der Waals surface area contributed by atoms with Crippen molar-refractivity contribution in [2.45, 2.75) is 50.5 Å². The molecule has 13 heteroatoms. The summed E-state index contributed by atoms with van der Waals surface area (Å²) in [7, 11) is 0. The van der Waals surface area contributed by atoms with Gasteiger partial charge in [-0.25, -0.2) is 9.37 Å². The number of alkyl halides is 3. The molecule has 236 valence electrons. The van der Waals surface area contributed by atoms with Crippen molar-refractivity contribution < 1.29 is 41.7 Å². The first kappa shape index (κ1) is 31.6. The molecule has 0 radical (unpaired) electrons. The third-order valence-corrected chi connectivity index (χ3v) is 7.13. The van der Waals surface area contributed by atoms with Gasteiger partial charge in [-0.3, -0.25) is 14.6 Å². The zero-order valence-electron chi connectivity index (χ0n) is 24.2. The molecule has 0 unspecified atom stereocenters. The average molecular weight is 627 g/mol. The molecule has 2 aromatic heterocycles. The second kappa shape index (κ2) is 12.7. The largest absolute Gasteiger partial charge is 0.491 e. The van der Waals surface area contributed by atoms with E-state index in [1.54, 1.807) is 25.3 Å². The highest BCUT2D eigenvalue weighted by Gasteiger charge is 2.56. The number of nitrogens with one attached hydrogen (secondary N) is 1. The number of amides is 2. The number of carbonyl (C=O) groups is 2. The molecule has 2 amide bonds. The lowest BCUT2D eigenvalue weighted by Gasteiger charge is -2.31. The van der Waals surface area contributed by atoms with Crippen LogP contribution in [0, 0.1) is 5.82 Å². The fraction of sp³-hybridized carbons (Fsp3) is 0.312. The van der Waals surface area contributed by atoms with Crippen molar-refractivity contribution in [2.75, 3.05) is 13.2 Å². The highest BCUT2D eigenvalue weighted by atomic mass is 19.4. The Balaban J connectivity index is 1.55. The standard InChI is InChI=1S/C32H30F4N4O5/c1-2-12-44-29-20(16-26(37)41)15-25(40-28(29)18-5-7-22(33)8-6-18)31(43,32(34,35)36)17-39-30(42)21-13-19-4-3-11-38-27(19)24(14-21)45-23-9-10-23/h3-8,11,13-15,23,43H,2,9-10,12,16-17H2,1H3,(H2,37,41)(H,39,42)/t31-/m0/s1. The van der Waals surface area contributed by atoms with Crippen molar-refractivity contribution in [1.29, 1.82) is 0 Å². The van der Waals surface area contributed by atoms with Gasteiger partial charge in [-0.05, 0) is 67.8 Å². The molecule has 45 heavy (non-hydrogen) atoms. The molecule has 5 rings (SSSR count). The molecule has 2 aromatic carbocycles. The molecule has 1 fully saturated rings. The van der Waals surface area contributed by atoms with Gasteiger partial charge in [-0.1, -0.05) is 13.0 Å². The number of carbonyl (C=O) groups excluding carboxylic acids is 2. The van der Waals surface area contributed by atoms with E-state index < -0.39 is 48.1 Å². The third-order valence-electron chi connectivity index (χ3n) is 7.13. The minimum atomic E-state index is -5.35. The summed E-state index contributed by atoms with van der Waals surface area (Å²) in [5, 5.41) is 14.0. The summed E-state index contributed by atoms with van der Waals surface area (Å²) in [6.07, 6.45) is -2.20. The van der Waals surface area contributed by atoms with Gasteiger partial charge < -0.3 is 25.6 Å². The minimum Gasteiger partial charge on any atom is -0.491 e. The van der Waals surface area contributed by atoms with Gasteiger partial charge in [0.15, 0.2) is 0 Å². The minimum absolute atomic E-state index is 0.00614. The van der Waals surface area contributed by atoms with Gasteiger partial charge in [-0.2, -0.15) is 13.2 Å². The maximum atomic E-state index is 14.7. The normalized spacial score (nSPS) is 14.5. The number of nitrogens with zero attached hydrogens (tertiary/aromatic N) is 2. The Kier molecular flexibility index (Phi) is 8.91. The first-order valence-electron chi connectivity index (χ1n) is 14.2. The molecule has 0 bridgehead atoms. The van der Waals surface area contributed by atoms with Gasteiger partial charge in [0.25, 0.3) is 5.91 Å². The molecule has 4 aromatic rings. The van der Waals surface area contributed by atoms with Gasteiger partial charge in [0.1, 0.15) is 28.5 Å². The van der Waals surface area contributed by atoms with Crippen molar-refractivity contribution >= 4 is 22.7 Å². The Hall–Kier alpha value is -4.78. The first-order valence-corrected chi connectivity index (χ1v) is 14.2. The number of fused-ring (bicyclic) bond motifs is 1. The molecule has 4 N–H and O–H groups in total. The van der Waals surface area contributed by atoms with Crippen LogP contribution in [0.25, 0.3) is 22.2 Å². The van der Waals surface area contributed by atoms with E-state index in [1.165, 1.54) is 24.3 Å². The summed E-state index contributed by atoms with van der Waals surface area (Å²) in [5.41, 5.74) is 1.17. The SMILES string of the molecule is CCCOc1c(CC(N)=O)cc([C@@](O)(CNC(=O)c2cc(OC3CC3)c3ncccc3c2)C(F)(F)F)nc1-c1ccc(F)cc1. The molecule has 1 atom stereocenters. The van der Waals surface area contributed by atoms with E-state index in [0.717, 1.165) is 31.0 Å². The number of hydrogen-bond acceptors (Lipinski definition) is 7. The van der Waals surface area contributed by atoms with Crippen LogP contribution >= 0.6 is 0 Å². The Labute approximate surface area is 255 Å². The molecule has 1 aliphatic rings. The van der Waals surface area contributed by atoms with Gasteiger partial charge in [0.2, 0.25) is 11.5 Å². The number of rotatable bonds is 12. The fourth-order valence-electron chi connectivity index (χ4n) is 4.68. The van der Waals surface area contributed by atoms with Crippen LogP contribution < -0.4 is 20.5 Å². The molecular weight excluding hydrogens is 596 g/mol. The molecule has 1 aliphatic carbocycles. The summed E-state index contributed by atoms with van der Waals surface area (Å²) in [5.74, 6) is -2.11. The van der Waals surface area contributed by atoms with E-state index in [9.17, 15) is 32.3 Å². The molecule has 2 heterocycles. The number of pyridine rings is 2. The smallest absolute Gasteiger partial charge is 0.424 e. The van der Waals surface area contributed by atoms with E-state index in [-0.39, 0.29) is 40.8 Å². The molecule has 1 saturated carbocycles. The second-order valence-corrected chi connectivity index (χ2v) is 10.8. The predicted octanol–water partition coefficient (Wildman–Crippen LogP) is 4.97. The Morgan fingerprint density at radius 3 is 2.49 bits per heavy atom. The monoisotopic (exact) mass is 626 g/mol. The van der Waals surface area contributed by atoms with Crippen molar-refractivity contribution in [1.82, 2.24) is 15.3 Å². The first-order chi connectivity index (χ1) is 21.4. The van der Waals surface area contributed by atoms with Crippen LogP contribution in [0.4, 0.5) is 17.6 Å². The van der Waals surface area contributed by atoms with Gasteiger partial charge in [0, 0.05) is 28.3 Å². The zero-order chi connectivity index (χ0) is 32.4. The highest BCUT2D eigenvalue weighted by Crippen LogP contribution is 2.42. The lowest BCUT2D eigenvalue weighted by atomic mass is 9.93. The van der Waals surface area contributed by atoms with Crippen molar-refractivity contribution in [3.8, 4) is 22.8 Å². The Morgan fingerprint density at radius 1 is 1.11 bits per heavy atom. The topological polar surface area (TPSA) is 137 Å². The second-order valence-electron chi connectivity index (χ2n) is 10.8. The number of ether oxygens (including phenoxy) is 2. The molecule has 0 aliphatic heterocycles. The summed E-state index contributed by atoms with van der Waals surface area (Å²) >= 11 is 0. The average Bonchev–Trinajstić information content (AvgIpc) is 3.82. The molecule has 0 saturated heterocycles. The van der Waals surface area contributed by atoms with E-state index >= 15 is 0 Å². The van der Waals surface area contributed by atoms with Crippen molar-refractivity contribution in [2.24, 2.45) is 5.73 Å². The molecular formula is C32H30F4N4O5. The van der Waals surface area contributed by atoms with Crippen LogP contribution in [-0.2, 0) is 16.8 Å². The summed E-state index contributed by atoms with van der Waals surface area (Å²) in [6.45, 7) is 0.583. The van der Waals surface area contributed by atoms with Crippen molar-refractivity contribution in [3.63, 3.8) is 0 Å². The molecule has 0 spiro atoms. The van der Waals surface area contributed by atoms with E-state index in [4.69, 9.17) is 15.2 Å². The van der Waals surface area contributed by atoms with Crippen LogP contribution in [0.5, 0.6) is 11.5 Å². The summed E-state index contributed by atoms with van der Waals surface area (Å²) in [6, 6.07) is 11.8. The van der Waals surface area contributed by atoms with Crippen LogP contribution in [0.2, 0.25) is 0 Å². The van der Waals surface area contributed by atoms with Crippen LogP contribution in [0.3, 0.4) is 0 Å². The Morgan fingerprint density at radius 2 is 1.84 bits per heavy atom. The number of nitrogens with two attached hydrogens (primary N) is 1. The number of aromatic nitrogens is 2. The highest BCUT2D eigenvalue weighted by molar-refractivity contribution is 6.00. The number of benzene rings is 2. The lowest BCUT2D eigenvalue weighted by Crippen LogP contribution is -2.51. The quantitative estimate of drug-likeness (QED) is 0.189. The molecule has 9 nitrogen and oxygen atoms in total. The number of aliphatic hydroxyl groups is 1. The number of hydrogen-bond donors (Lipinski definition) is 3. The summed E-state index contributed by atoms with van der Waals surface area (Å²) in [4.78, 5) is 33.6. The summed E-state index contributed by atoms with van der Waals surface area (Å²) < 4.78 is 69.5. The number of primary amides is 1. The van der Waals surface area contributed by atoms with Crippen molar-refractivity contribution in [3.05, 3.63) is 83.4 Å². The van der Waals surface area contributed by atoms with Gasteiger partial charge >= 0.3 is 6.18 Å².